The first kappa shape index (κ1) is 25.6. The number of hydrogen-bond donors (Lipinski definition) is 1. The number of pyridine rings is 1. The van der Waals surface area contributed by atoms with E-state index in [-0.39, 0.29) is 17.4 Å². The molecule has 0 saturated heterocycles. The predicted octanol–water partition coefficient (Wildman–Crippen LogP) is 6.85. The Bertz CT molecular complexity index is 1390. The summed E-state index contributed by atoms with van der Waals surface area (Å²) in [5, 5.41) is 1.37. The normalized spacial score (nSPS) is 12.6. The topological polar surface area (TPSA) is 54.6 Å². The Morgan fingerprint density at radius 2 is 1.61 bits per heavy atom. The van der Waals surface area contributed by atoms with Crippen molar-refractivity contribution in [1.29, 1.82) is 0 Å². The van der Waals surface area contributed by atoms with Gasteiger partial charge in [-0.05, 0) is 66.6 Å². The van der Waals surface area contributed by atoms with Crippen LogP contribution in [0.4, 0.5) is 13.2 Å². The van der Waals surface area contributed by atoms with Crippen LogP contribution in [0, 0.1) is 0 Å². The first-order chi connectivity index (χ1) is 17.1. The maximum Gasteiger partial charge on any atom is 0.573 e. The van der Waals surface area contributed by atoms with Crippen molar-refractivity contribution < 1.29 is 22.6 Å². The lowest BCUT2D eigenvalue weighted by Gasteiger charge is -2.30. The van der Waals surface area contributed by atoms with Gasteiger partial charge in [-0.15, -0.1) is 13.2 Å². The number of benzene rings is 3. The minimum atomic E-state index is -4.75. The maximum absolute atomic E-state index is 12.9. The number of alkyl halides is 3. The number of rotatable bonds is 8. The lowest BCUT2D eigenvalue weighted by molar-refractivity contribution is -0.274. The highest BCUT2D eigenvalue weighted by Crippen LogP contribution is 2.28. The summed E-state index contributed by atoms with van der Waals surface area (Å²) in [4.78, 5) is 17.8. The first-order valence-electron chi connectivity index (χ1n) is 11.2. The molecule has 0 aliphatic heterocycles. The van der Waals surface area contributed by atoms with Gasteiger partial charge in [-0.25, -0.2) is 0 Å². The smallest absolute Gasteiger partial charge is 0.497 e. The summed E-state index contributed by atoms with van der Waals surface area (Å²) in [5.41, 5.74) is 2.77. The van der Waals surface area contributed by atoms with Crippen LogP contribution in [0.5, 0.6) is 11.5 Å². The van der Waals surface area contributed by atoms with E-state index in [1.54, 1.807) is 37.4 Å². The molecule has 1 aromatic heterocycles. The second kappa shape index (κ2) is 10.6. The Labute approximate surface area is 211 Å². The second-order valence-corrected chi connectivity index (χ2v) is 8.84. The minimum absolute atomic E-state index is 0.128. The fourth-order valence-corrected chi connectivity index (χ4v) is 4.19. The van der Waals surface area contributed by atoms with Gasteiger partial charge in [0.25, 0.3) is 5.56 Å². The number of H-pyrrole nitrogens is 1. The summed E-state index contributed by atoms with van der Waals surface area (Å²) < 4.78 is 46.8. The Balaban J connectivity index is 1.65. The van der Waals surface area contributed by atoms with Gasteiger partial charge in [0.2, 0.25) is 0 Å². The van der Waals surface area contributed by atoms with Crippen molar-refractivity contribution in [2.45, 2.75) is 32.4 Å². The van der Waals surface area contributed by atoms with Crippen LogP contribution in [0.3, 0.4) is 0 Å². The van der Waals surface area contributed by atoms with Gasteiger partial charge >= 0.3 is 6.36 Å². The molecule has 1 atom stereocenters. The largest absolute Gasteiger partial charge is 0.573 e. The van der Waals surface area contributed by atoms with Crippen molar-refractivity contribution >= 4 is 22.5 Å². The molecular weight excluding hydrogens is 493 g/mol. The van der Waals surface area contributed by atoms with E-state index in [0.29, 0.717) is 29.2 Å². The zero-order valence-electron chi connectivity index (χ0n) is 19.6. The number of methoxy groups -OCH3 is 1. The molecule has 0 aliphatic rings. The number of aromatic amines is 1. The zero-order chi connectivity index (χ0) is 25.9. The summed E-state index contributed by atoms with van der Waals surface area (Å²) in [5.74, 6) is 0.435. The summed E-state index contributed by atoms with van der Waals surface area (Å²) in [7, 11) is 1.59. The van der Waals surface area contributed by atoms with Crippen LogP contribution in [0.1, 0.15) is 29.7 Å². The van der Waals surface area contributed by atoms with Gasteiger partial charge in [0.15, 0.2) is 0 Å². The second-order valence-electron chi connectivity index (χ2n) is 8.40. The van der Waals surface area contributed by atoms with Crippen LogP contribution < -0.4 is 15.0 Å². The van der Waals surface area contributed by atoms with E-state index < -0.39 is 6.36 Å². The summed E-state index contributed by atoms with van der Waals surface area (Å²) in [6, 6.07) is 20.3. The van der Waals surface area contributed by atoms with Gasteiger partial charge in [-0.3, -0.25) is 9.69 Å². The van der Waals surface area contributed by atoms with Crippen LogP contribution >= 0.6 is 11.6 Å². The third kappa shape index (κ3) is 6.38. The van der Waals surface area contributed by atoms with Crippen LogP contribution in [-0.2, 0) is 13.1 Å². The van der Waals surface area contributed by atoms with Crippen molar-refractivity contribution in [1.82, 2.24) is 9.88 Å². The highest BCUT2D eigenvalue weighted by atomic mass is 35.5. The number of halogens is 4. The third-order valence-electron chi connectivity index (χ3n) is 5.95. The minimum Gasteiger partial charge on any atom is -0.497 e. The maximum atomic E-state index is 12.9. The number of hydrogen-bond acceptors (Lipinski definition) is 4. The molecule has 188 valence electrons. The molecule has 1 heterocycles. The lowest BCUT2D eigenvalue weighted by atomic mass is 10.0. The zero-order valence-corrected chi connectivity index (χ0v) is 20.4. The van der Waals surface area contributed by atoms with Gasteiger partial charge in [0.1, 0.15) is 11.5 Å². The molecule has 4 aromatic rings. The van der Waals surface area contributed by atoms with Crippen LogP contribution in [-0.4, -0.2) is 23.4 Å². The van der Waals surface area contributed by atoms with E-state index in [1.165, 1.54) is 12.1 Å². The van der Waals surface area contributed by atoms with Crippen molar-refractivity contribution in [3.05, 3.63) is 105 Å². The molecule has 0 saturated carbocycles. The quantitative estimate of drug-likeness (QED) is 0.278. The number of fused-ring (bicyclic) bond motifs is 1. The van der Waals surface area contributed by atoms with E-state index >= 15 is 0 Å². The number of nitrogens with one attached hydrogen (secondary N) is 1. The molecular formula is C27H24ClF3N2O3. The van der Waals surface area contributed by atoms with E-state index in [2.05, 4.69) is 14.6 Å². The molecule has 4 rings (SSSR count). The van der Waals surface area contributed by atoms with Gasteiger partial charge in [-0.2, -0.15) is 0 Å². The molecule has 0 radical (unpaired) electrons. The van der Waals surface area contributed by atoms with Gasteiger partial charge in [0.05, 0.1) is 7.11 Å². The lowest BCUT2D eigenvalue weighted by Crippen LogP contribution is -2.29. The standard InChI is InChI=1S/C27H24ClF3N2O3/c1-17(19-5-10-23(35-2)11-6-19)33(15-18-3-8-24(9-4-18)36-27(29,30)31)16-21-13-20-14-22(28)7-12-25(20)32-26(21)34/h3-14,17H,15-16H2,1-2H3,(H,32,34)/t17-/m0/s1. The number of aromatic nitrogens is 1. The van der Waals surface area contributed by atoms with E-state index in [4.69, 9.17) is 16.3 Å². The molecule has 0 spiro atoms. The van der Waals surface area contributed by atoms with Gasteiger partial charge in [0, 0.05) is 40.6 Å². The summed E-state index contributed by atoms with van der Waals surface area (Å²) in [6.45, 7) is 2.69. The molecule has 3 aromatic carbocycles. The fourth-order valence-electron chi connectivity index (χ4n) is 4.01. The average Bonchev–Trinajstić information content (AvgIpc) is 2.84. The number of ether oxygens (including phenoxy) is 2. The SMILES string of the molecule is COc1ccc([C@H](C)N(Cc2ccc(OC(F)(F)F)cc2)Cc2cc3cc(Cl)ccc3[nH]c2=O)cc1. The van der Waals surface area contributed by atoms with Crippen molar-refractivity contribution in [2.24, 2.45) is 0 Å². The Morgan fingerprint density at radius 1 is 0.944 bits per heavy atom. The molecule has 0 bridgehead atoms. The molecule has 0 aliphatic carbocycles. The van der Waals surface area contributed by atoms with Crippen LogP contribution in [0.2, 0.25) is 5.02 Å². The predicted molar refractivity (Wildman–Crippen MR) is 133 cm³/mol. The molecule has 9 heteroatoms. The Morgan fingerprint density at radius 3 is 2.25 bits per heavy atom. The van der Waals surface area contributed by atoms with Crippen molar-refractivity contribution in [3.63, 3.8) is 0 Å². The molecule has 0 amide bonds. The molecule has 0 fully saturated rings. The van der Waals surface area contributed by atoms with Crippen LogP contribution in [0.25, 0.3) is 10.9 Å². The molecule has 0 unspecified atom stereocenters. The van der Waals surface area contributed by atoms with E-state index in [9.17, 15) is 18.0 Å². The summed E-state index contributed by atoms with van der Waals surface area (Å²) >= 11 is 6.14. The van der Waals surface area contributed by atoms with Crippen LogP contribution in [0.15, 0.2) is 77.6 Å². The Kier molecular flexibility index (Phi) is 7.56. The summed E-state index contributed by atoms with van der Waals surface area (Å²) in [6.07, 6.45) is -4.75. The van der Waals surface area contributed by atoms with E-state index in [0.717, 1.165) is 22.3 Å². The van der Waals surface area contributed by atoms with Gasteiger partial charge in [-0.1, -0.05) is 35.9 Å². The highest BCUT2D eigenvalue weighted by molar-refractivity contribution is 6.31. The molecule has 36 heavy (non-hydrogen) atoms. The monoisotopic (exact) mass is 516 g/mol. The van der Waals surface area contributed by atoms with Crippen molar-refractivity contribution in [3.8, 4) is 11.5 Å². The van der Waals surface area contributed by atoms with Gasteiger partial charge < -0.3 is 14.5 Å². The number of nitrogens with zero attached hydrogens (tertiary/aromatic N) is 1. The van der Waals surface area contributed by atoms with Crippen molar-refractivity contribution in [2.75, 3.05) is 7.11 Å². The van der Waals surface area contributed by atoms with E-state index in [1.807, 2.05) is 37.3 Å². The first-order valence-corrected chi connectivity index (χ1v) is 11.5. The molecule has 5 nitrogen and oxygen atoms in total. The molecule has 1 N–H and O–H groups in total. The fraction of sp³-hybridized carbons (Fsp3) is 0.222. The highest BCUT2D eigenvalue weighted by Gasteiger charge is 2.31. The third-order valence-corrected chi connectivity index (χ3v) is 6.18. The average molecular weight is 517 g/mol. The Hall–Kier alpha value is -3.49.